The molecule has 3 aliphatic heterocycles. The minimum atomic E-state index is -1.85. The van der Waals surface area contributed by atoms with E-state index in [1.165, 1.54) is 0 Å². The number of ether oxygens (including phenoxy) is 5. The molecule has 3 aliphatic rings. The number of aliphatic hydroxyl groups excluding tert-OH is 10. The van der Waals surface area contributed by atoms with Crippen molar-refractivity contribution in [2.45, 2.75) is 92.4 Å². The number of hydrogen-bond acceptors (Lipinski definition) is 15. The molecule has 33 heavy (non-hydrogen) atoms. The Morgan fingerprint density at radius 3 is 1.76 bits per heavy atom. The second kappa shape index (κ2) is 11.4. The van der Waals surface area contributed by atoms with Crippen molar-refractivity contribution in [3.63, 3.8) is 0 Å². The van der Waals surface area contributed by atoms with Crippen molar-refractivity contribution < 1.29 is 74.7 Å². The molecule has 0 spiro atoms. The van der Waals surface area contributed by atoms with Crippen LogP contribution in [0.4, 0.5) is 0 Å². The first-order valence-electron chi connectivity index (χ1n) is 10.5. The molecule has 194 valence electrons. The van der Waals surface area contributed by atoms with E-state index in [9.17, 15) is 46.0 Å². The highest BCUT2D eigenvalue weighted by Gasteiger charge is 2.52. The largest absolute Gasteiger partial charge is 0.394 e. The summed E-state index contributed by atoms with van der Waals surface area (Å²) in [7, 11) is 0. The van der Waals surface area contributed by atoms with Gasteiger partial charge in [0.2, 0.25) is 0 Å². The lowest BCUT2D eigenvalue weighted by atomic mass is 9.96. The second-order valence-electron chi connectivity index (χ2n) is 8.24. The molecule has 10 N–H and O–H groups in total. The summed E-state index contributed by atoms with van der Waals surface area (Å²) >= 11 is 0. The fourth-order valence-corrected chi connectivity index (χ4v) is 4.00. The van der Waals surface area contributed by atoms with E-state index >= 15 is 0 Å². The van der Waals surface area contributed by atoms with E-state index in [0.29, 0.717) is 0 Å². The van der Waals surface area contributed by atoms with Crippen LogP contribution in [0.15, 0.2) is 0 Å². The molecule has 0 aromatic carbocycles. The van der Waals surface area contributed by atoms with E-state index in [1.54, 1.807) is 0 Å². The minimum absolute atomic E-state index is 0.0873. The predicted molar refractivity (Wildman–Crippen MR) is 99.9 cm³/mol. The highest BCUT2D eigenvalue weighted by Crippen LogP contribution is 2.31. The van der Waals surface area contributed by atoms with Crippen LogP contribution in [0.1, 0.15) is 6.42 Å². The fourth-order valence-electron chi connectivity index (χ4n) is 4.00. The second-order valence-corrected chi connectivity index (χ2v) is 8.24. The summed E-state index contributed by atoms with van der Waals surface area (Å²) in [6.07, 6.45) is -22.0. The molecule has 3 saturated heterocycles. The minimum Gasteiger partial charge on any atom is -0.394 e. The first kappa shape index (κ1) is 27.0. The highest BCUT2D eigenvalue weighted by atomic mass is 16.7. The SMILES string of the molecule is OC[C@@H]1C[C@H](O)[C@@H](O)[C@@H](O[C@@H]2[C@H](O)[C@@H](O[C@H]3[C@@H](O)[C@H](O)[C@@H](CO)O[C@@H]3O)O[C@H](CO)[C@H]2O)O1. The Labute approximate surface area is 187 Å². The lowest BCUT2D eigenvalue weighted by Gasteiger charge is -2.47. The van der Waals surface area contributed by atoms with Crippen LogP contribution in [-0.4, -0.2) is 157 Å². The van der Waals surface area contributed by atoms with Crippen LogP contribution in [0.2, 0.25) is 0 Å². The van der Waals surface area contributed by atoms with Gasteiger partial charge in [-0.2, -0.15) is 0 Å². The summed E-state index contributed by atoms with van der Waals surface area (Å²) in [4.78, 5) is 0. The lowest BCUT2D eigenvalue weighted by Crippen LogP contribution is -2.65. The first-order chi connectivity index (χ1) is 15.6. The molecule has 0 amide bonds. The van der Waals surface area contributed by atoms with Crippen LogP contribution in [0.3, 0.4) is 0 Å². The third kappa shape index (κ3) is 5.64. The van der Waals surface area contributed by atoms with Crippen LogP contribution in [0, 0.1) is 0 Å². The van der Waals surface area contributed by atoms with Gasteiger partial charge in [0.05, 0.1) is 32.0 Å². The van der Waals surface area contributed by atoms with Gasteiger partial charge in [-0.1, -0.05) is 0 Å². The molecule has 0 unspecified atom stereocenters. The topological polar surface area (TPSA) is 248 Å². The van der Waals surface area contributed by atoms with Crippen LogP contribution < -0.4 is 0 Å². The molecule has 0 saturated carbocycles. The average molecular weight is 488 g/mol. The summed E-state index contributed by atoms with van der Waals surface area (Å²) in [5.41, 5.74) is 0. The van der Waals surface area contributed by atoms with Gasteiger partial charge in [0.25, 0.3) is 0 Å². The number of hydrogen-bond donors (Lipinski definition) is 10. The fraction of sp³-hybridized carbons (Fsp3) is 1.00. The van der Waals surface area contributed by atoms with Crippen molar-refractivity contribution in [2.75, 3.05) is 19.8 Å². The Hall–Kier alpha value is -0.600. The average Bonchev–Trinajstić information content (AvgIpc) is 2.80. The standard InChI is InChI=1S/C18H32O15/c19-2-5-1-6(22)9(23)17(29-5)32-14-11(25)8(4-21)31-18(13(14)27)33-15-12(26)10(24)7(3-20)30-16(15)28/h5-28H,1-4H2/t5-,6-,7+,8+,9+,10+,11+,12-,13-,14-,15-,16-,17+,18+/m0/s1. The third-order valence-corrected chi connectivity index (χ3v) is 5.95. The van der Waals surface area contributed by atoms with E-state index < -0.39 is 106 Å². The Kier molecular flexibility index (Phi) is 9.35. The van der Waals surface area contributed by atoms with Crippen molar-refractivity contribution in [3.05, 3.63) is 0 Å². The zero-order chi connectivity index (χ0) is 24.4. The van der Waals surface area contributed by atoms with Gasteiger partial charge in [0, 0.05) is 6.42 Å². The Morgan fingerprint density at radius 1 is 0.576 bits per heavy atom. The van der Waals surface area contributed by atoms with Gasteiger partial charge < -0.3 is 74.7 Å². The van der Waals surface area contributed by atoms with Crippen LogP contribution >= 0.6 is 0 Å². The normalized spacial score (nSPS) is 51.5. The Balaban J connectivity index is 1.75. The maximum Gasteiger partial charge on any atom is 0.187 e. The maximum atomic E-state index is 10.7. The van der Waals surface area contributed by atoms with E-state index in [2.05, 4.69) is 0 Å². The van der Waals surface area contributed by atoms with Gasteiger partial charge >= 0.3 is 0 Å². The van der Waals surface area contributed by atoms with Gasteiger partial charge in [-0.15, -0.1) is 0 Å². The van der Waals surface area contributed by atoms with E-state index in [0.717, 1.165) is 0 Å². The van der Waals surface area contributed by atoms with Crippen molar-refractivity contribution in [1.82, 2.24) is 0 Å². The van der Waals surface area contributed by atoms with Crippen molar-refractivity contribution >= 4 is 0 Å². The number of rotatable bonds is 7. The number of aliphatic hydroxyl groups is 10. The van der Waals surface area contributed by atoms with E-state index in [-0.39, 0.29) is 6.42 Å². The Bertz CT molecular complexity index is 611. The summed E-state index contributed by atoms with van der Waals surface area (Å²) in [6, 6.07) is 0. The highest BCUT2D eigenvalue weighted by molar-refractivity contribution is 4.95. The van der Waals surface area contributed by atoms with Gasteiger partial charge in [0.15, 0.2) is 18.9 Å². The van der Waals surface area contributed by atoms with Crippen LogP contribution in [0.25, 0.3) is 0 Å². The van der Waals surface area contributed by atoms with Crippen molar-refractivity contribution in [2.24, 2.45) is 0 Å². The maximum absolute atomic E-state index is 10.7. The molecule has 0 aromatic heterocycles. The molecule has 0 radical (unpaired) electrons. The van der Waals surface area contributed by atoms with Crippen molar-refractivity contribution in [1.29, 1.82) is 0 Å². The third-order valence-electron chi connectivity index (χ3n) is 5.95. The molecule has 14 atom stereocenters. The molecule has 3 heterocycles. The van der Waals surface area contributed by atoms with E-state index in [1.807, 2.05) is 0 Å². The molecular formula is C18H32O15. The molecule has 0 aromatic rings. The lowest BCUT2D eigenvalue weighted by molar-refractivity contribution is -0.379. The smallest absolute Gasteiger partial charge is 0.187 e. The van der Waals surface area contributed by atoms with Gasteiger partial charge in [-0.3, -0.25) is 0 Å². The van der Waals surface area contributed by atoms with Gasteiger partial charge in [-0.25, -0.2) is 0 Å². The summed E-state index contributed by atoms with van der Waals surface area (Å²) < 4.78 is 26.5. The molecular weight excluding hydrogens is 456 g/mol. The van der Waals surface area contributed by atoms with Crippen LogP contribution in [0.5, 0.6) is 0 Å². The van der Waals surface area contributed by atoms with Gasteiger partial charge in [0.1, 0.15) is 54.9 Å². The quantitative estimate of drug-likeness (QED) is 0.160. The molecule has 15 heteroatoms. The monoisotopic (exact) mass is 488 g/mol. The van der Waals surface area contributed by atoms with E-state index in [4.69, 9.17) is 28.8 Å². The van der Waals surface area contributed by atoms with Gasteiger partial charge in [-0.05, 0) is 0 Å². The molecule has 3 rings (SSSR count). The predicted octanol–water partition coefficient (Wildman–Crippen LogP) is -6.54. The van der Waals surface area contributed by atoms with Crippen molar-refractivity contribution in [3.8, 4) is 0 Å². The molecule has 15 nitrogen and oxygen atoms in total. The first-order valence-corrected chi connectivity index (χ1v) is 10.5. The molecule has 0 aliphatic carbocycles. The zero-order valence-electron chi connectivity index (χ0n) is 17.4. The zero-order valence-corrected chi connectivity index (χ0v) is 17.4. The summed E-state index contributed by atoms with van der Waals surface area (Å²) in [6.45, 7) is -1.98. The molecule has 0 bridgehead atoms. The Morgan fingerprint density at radius 2 is 1.15 bits per heavy atom. The summed E-state index contributed by atoms with van der Waals surface area (Å²) in [5.74, 6) is 0. The summed E-state index contributed by atoms with van der Waals surface area (Å²) in [5, 5.41) is 99.7. The van der Waals surface area contributed by atoms with Crippen LogP contribution in [-0.2, 0) is 23.7 Å². The molecule has 3 fully saturated rings.